The third kappa shape index (κ3) is 5.19. The first-order chi connectivity index (χ1) is 17.6. The van der Waals surface area contributed by atoms with Crippen molar-refractivity contribution in [2.24, 2.45) is 11.1 Å². The van der Waals surface area contributed by atoms with Crippen LogP contribution in [-0.4, -0.2) is 42.7 Å². The van der Waals surface area contributed by atoms with E-state index >= 15 is 0 Å². The van der Waals surface area contributed by atoms with Gasteiger partial charge in [0.25, 0.3) is 0 Å². The number of aromatic nitrogens is 4. The smallest absolute Gasteiger partial charge is 0.224 e. The highest BCUT2D eigenvalue weighted by atomic mass is 35.5. The van der Waals surface area contributed by atoms with Gasteiger partial charge in [0.05, 0.1) is 12.3 Å². The van der Waals surface area contributed by atoms with Crippen molar-refractivity contribution in [2.75, 3.05) is 10.6 Å². The molecule has 0 unspecified atom stereocenters. The molecule has 0 radical (unpaired) electrons. The van der Waals surface area contributed by atoms with E-state index in [1.165, 1.54) is 0 Å². The van der Waals surface area contributed by atoms with Crippen molar-refractivity contribution in [3.63, 3.8) is 0 Å². The van der Waals surface area contributed by atoms with E-state index in [4.69, 9.17) is 22.3 Å². The standard InChI is InChI=1S/C25H30ClF2N7O2/c1-25(22(29)37)7-5-15(6-8-25)35-21-19(12-30-23(34-21)31-14-3-2-4-16(36)11-14)32-24(35)33-20-17(27)9-13(26)10-18(20)28/h9-10,12,14-16,36H,2-8,11H2,1H3,(H2,29,37)(H,32,33)(H,30,31,34)/t14-,15-,16-,25+/m0/s1. The van der Waals surface area contributed by atoms with Gasteiger partial charge < -0.3 is 21.5 Å². The summed E-state index contributed by atoms with van der Waals surface area (Å²) in [4.78, 5) is 25.7. The van der Waals surface area contributed by atoms with Crippen LogP contribution in [0.15, 0.2) is 18.3 Å². The van der Waals surface area contributed by atoms with Gasteiger partial charge in [-0.1, -0.05) is 18.5 Å². The molecular formula is C25H30ClF2N7O2. The lowest BCUT2D eigenvalue weighted by Gasteiger charge is -2.35. The molecule has 2 atom stereocenters. The monoisotopic (exact) mass is 533 g/mol. The first-order valence-electron chi connectivity index (χ1n) is 12.5. The number of rotatable bonds is 6. The van der Waals surface area contributed by atoms with Crippen molar-refractivity contribution in [2.45, 2.75) is 76.5 Å². The van der Waals surface area contributed by atoms with Gasteiger partial charge in [0.2, 0.25) is 17.8 Å². The highest BCUT2D eigenvalue weighted by molar-refractivity contribution is 6.30. The van der Waals surface area contributed by atoms with E-state index in [1.807, 2.05) is 11.5 Å². The summed E-state index contributed by atoms with van der Waals surface area (Å²) in [5.41, 5.74) is 5.61. The second-order valence-electron chi connectivity index (χ2n) is 10.4. The molecule has 12 heteroatoms. The van der Waals surface area contributed by atoms with E-state index in [1.54, 1.807) is 6.20 Å². The summed E-state index contributed by atoms with van der Waals surface area (Å²) < 4.78 is 31.1. The minimum Gasteiger partial charge on any atom is -0.393 e. The average molecular weight is 534 g/mol. The average Bonchev–Trinajstić information content (AvgIpc) is 3.19. The van der Waals surface area contributed by atoms with Gasteiger partial charge >= 0.3 is 0 Å². The predicted octanol–water partition coefficient (Wildman–Crippen LogP) is 4.82. The topological polar surface area (TPSA) is 131 Å². The fourth-order valence-electron chi connectivity index (χ4n) is 5.39. The molecule has 3 aromatic rings. The summed E-state index contributed by atoms with van der Waals surface area (Å²) in [7, 11) is 0. The van der Waals surface area contributed by atoms with Crippen molar-refractivity contribution in [1.82, 2.24) is 19.5 Å². The van der Waals surface area contributed by atoms with Gasteiger partial charge in [0.15, 0.2) is 17.3 Å². The van der Waals surface area contributed by atoms with Crippen LogP contribution in [0.25, 0.3) is 11.2 Å². The zero-order chi connectivity index (χ0) is 26.3. The number of carbonyl (C=O) groups is 1. The molecular weight excluding hydrogens is 504 g/mol. The van der Waals surface area contributed by atoms with Crippen LogP contribution in [0.1, 0.15) is 64.3 Å². The van der Waals surface area contributed by atoms with Crippen molar-refractivity contribution in [3.8, 4) is 0 Å². The van der Waals surface area contributed by atoms with Crippen LogP contribution < -0.4 is 16.4 Å². The fraction of sp³-hybridized carbons (Fsp3) is 0.520. The Morgan fingerprint density at radius 3 is 2.54 bits per heavy atom. The second kappa shape index (κ2) is 10.0. The number of fused-ring (bicyclic) bond motifs is 1. The number of aliphatic hydroxyl groups excluding tert-OH is 1. The maximum atomic E-state index is 14.6. The normalized spacial score (nSPS) is 26.2. The van der Waals surface area contributed by atoms with Crippen LogP contribution in [0.4, 0.5) is 26.4 Å². The summed E-state index contributed by atoms with van der Waals surface area (Å²) in [5.74, 6) is -1.44. The molecule has 5 N–H and O–H groups in total. The molecule has 2 aromatic heterocycles. The molecule has 37 heavy (non-hydrogen) atoms. The summed E-state index contributed by atoms with van der Waals surface area (Å²) in [6.07, 6.45) is 6.73. The molecule has 2 aliphatic rings. The molecule has 1 amide bonds. The van der Waals surface area contributed by atoms with E-state index in [-0.39, 0.29) is 40.8 Å². The molecule has 0 spiro atoms. The van der Waals surface area contributed by atoms with Gasteiger partial charge in [-0.2, -0.15) is 4.98 Å². The number of aliphatic hydroxyl groups is 1. The van der Waals surface area contributed by atoms with Crippen LogP contribution >= 0.6 is 11.6 Å². The number of hydrogen-bond donors (Lipinski definition) is 4. The van der Waals surface area contributed by atoms with E-state index in [0.29, 0.717) is 49.2 Å². The highest BCUT2D eigenvalue weighted by Crippen LogP contribution is 2.43. The Hall–Kier alpha value is -3.05. The molecule has 0 bridgehead atoms. The Bertz CT molecular complexity index is 1300. The maximum absolute atomic E-state index is 14.6. The maximum Gasteiger partial charge on any atom is 0.224 e. The van der Waals surface area contributed by atoms with Gasteiger partial charge in [-0.3, -0.25) is 9.36 Å². The molecule has 2 aliphatic carbocycles. The van der Waals surface area contributed by atoms with Crippen LogP contribution in [-0.2, 0) is 4.79 Å². The number of nitrogens with one attached hydrogen (secondary N) is 2. The lowest BCUT2D eigenvalue weighted by molar-refractivity contribution is -0.128. The van der Waals surface area contributed by atoms with Crippen molar-refractivity contribution in [1.29, 1.82) is 0 Å². The molecule has 9 nitrogen and oxygen atoms in total. The Kier molecular flexibility index (Phi) is 6.93. The lowest BCUT2D eigenvalue weighted by Crippen LogP contribution is -2.38. The van der Waals surface area contributed by atoms with Crippen molar-refractivity contribution < 1.29 is 18.7 Å². The van der Waals surface area contributed by atoms with Gasteiger partial charge in [-0.25, -0.2) is 18.7 Å². The molecule has 1 aromatic carbocycles. The number of benzene rings is 1. The Balaban J connectivity index is 1.52. The number of amides is 1. The number of primary amides is 1. The summed E-state index contributed by atoms with van der Waals surface area (Å²) in [6, 6.07) is 1.95. The molecule has 5 rings (SSSR count). The third-order valence-electron chi connectivity index (χ3n) is 7.67. The van der Waals surface area contributed by atoms with Gasteiger partial charge in [-0.05, 0) is 63.5 Å². The van der Waals surface area contributed by atoms with Crippen LogP contribution in [0.2, 0.25) is 5.02 Å². The fourth-order valence-corrected chi connectivity index (χ4v) is 5.58. The third-order valence-corrected chi connectivity index (χ3v) is 7.89. The first kappa shape index (κ1) is 25.6. The molecule has 0 saturated heterocycles. The highest BCUT2D eigenvalue weighted by Gasteiger charge is 2.38. The van der Waals surface area contributed by atoms with Gasteiger partial charge in [-0.15, -0.1) is 0 Å². The number of hydrogen-bond acceptors (Lipinski definition) is 7. The number of carbonyl (C=O) groups excluding carboxylic acids is 1. The number of halogens is 3. The quantitative estimate of drug-likeness (QED) is 0.357. The van der Waals surface area contributed by atoms with Crippen LogP contribution in [0.3, 0.4) is 0 Å². The SMILES string of the molecule is C[C@]1(C(N)=O)CC[C@@H](n2c(Nc3c(F)cc(Cl)cc3F)nc3cnc(N[C@H]4CCC[C@H](O)C4)nc32)CC1. The van der Waals surface area contributed by atoms with Crippen LogP contribution in [0, 0.1) is 17.0 Å². The summed E-state index contributed by atoms with van der Waals surface area (Å²) in [6.45, 7) is 1.86. The number of anilines is 3. The number of imidazole rings is 1. The zero-order valence-corrected chi connectivity index (χ0v) is 21.2. The molecule has 2 fully saturated rings. The van der Waals surface area contributed by atoms with E-state index in [0.717, 1.165) is 31.4 Å². The second-order valence-corrected chi connectivity index (χ2v) is 10.8. The number of nitrogens with two attached hydrogens (primary N) is 1. The summed E-state index contributed by atoms with van der Waals surface area (Å²) >= 11 is 5.79. The van der Waals surface area contributed by atoms with Crippen LogP contribution in [0.5, 0.6) is 0 Å². The zero-order valence-electron chi connectivity index (χ0n) is 20.5. The predicted molar refractivity (Wildman–Crippen MR) is 137 cm³/mol. The van der Waals surface area contributed by atoms with Crippen molar-refractivity contribution in [3.05, 3.63) is 35.0 Å². The minimum absolute atomic E-state index is 0.0402. The number of nitrogens with zero attached hydrogens (tertiary/aromatic N) is 4. The van der Waals surface area contributed by atoms with Crippen molar-refractivity contribution >= 4 is 46.3 Å². The molecule has 0 aliphatic heterocycles. The Labute approximate surface area is 217 Å². The largest absolute Gasteiger partial charge is 0.393 e. The van der Waals surface area contributed by atoms with E-state index in [9.17, 15) is 18.7 Å². The van der Waals surface area contributed by atoms with E-state index in [2.05, 4.69) is 20.6 Å². The lowest BCUT2D eigenvalue weighted by atomic mass is 9.73. The van der Waals surface area contributed by atoms with E-state index < -0.39 is 17.0 Å². The molecule has 2 saturated carbocycles. The minimum atomic E-state index is -0.849. The Morgan fingerprint density at radius 1 is 1.19 bits per heavy atom. The van der Waals surface area contributed by atoms with Gasteiger partial charge in [0, 0.05) is 22.5 Å². The Morgan fingerprint density at radius 2 is 1.89 bits per heavy atom. The van der Waals surface area contributed by atoms with Gasteiger partial charge in [0.1, 0.15) is 11.2 Å². The molecule has 198 valence electrons. The molecule has 2 heterocycles. The summed E-state index contributed by atoms with van der Waals surface area (Å²) in [5, 5.41) is 16.1. The first-order valence-corrected chi connectivity index (χ1v) is 12.9.